The van der Waals surface area contributed by atoms with Gasteiger partial charge in [-0.15, -0.1) is 0 Å². The number of aromatic amines is 1. The normalized spacial score (nSPS) is 19.8. The molecule has 2 N–H and O–H groups in total. The van der Waals surface area contributed by atoms with Crippen LogP contribution >= 0.6 is 0 Å². The summed E-state index contributed by atoms with van der Waals surface area (Å²) in [5.41, 5.74) is 7.84. The van der Waals surface area contributed by atoms with Crippen molar-refractivity contribution in [3.05, 3.63) is 59.4 Å². The van der Waals surface area contributed by atoms with E-state index in [9.17, 15) is 0 Å². The predicted octanol–water partition coefficient (Wildman–Crippen LogP) is 4.76. The molecule has 1 aromatic carbocycles. The minimum absolute atomic E-state index is 0.663. The molecule has 0 aliphatic heterocycles. The van der Waals surface area contributed by atoms with Gasteiger partial charge in [0.1, 0.15) is 0 Å². The van der Waals surface area contributed by atoms with Crippen LogP contribution in [0.5, 0.6) is 0 Å². The van der Waals surface area contributed by atoms with Gasteiger partial charge in [0, 0.05) is 11.3 Å². The fraction of sp³-hybridized carbons (Fsp3) is 0.300. The molecule has 4 rings (SSSR count). The molecule has 0 saturated carbocycles. The van der Waals surface area contributed by atoms with Gasteiger partial charge in [-0.05, 0) is 53.9 Å². The number of nitrogens with one attached hydrogen (secondary N) is 2. The van der Waals surface area contributed by atoms with Crippen molar-refractivity contribution >= 4 is 11.3 Å². The first-order chi connectivity index (χ1) is 11.3. The molecular weight excluding hydrogens is 282 g/mol. The fourth-order valence-corrected chi connectivity index (χ4v) is 3.53. The third-order valence-electron chi connectivity index (χ3n) is 5.03. The van der Waals surface area contributed by atoms with Crippen LogP contribution in [0.4, 0.5) is 0 Å². The molecule has 3 nitrogen and oxygen atoms in total. The van der Waals surface area contributed by atoms with E-state index in [2.05, 4.69) is 53.5 Å². The highest BCUT2D eigenvalue weighted by Gasteiger charge is 2.19. The molecule has 23 heavy (non-hydrogen) atoms. The van der Waals surface area contributed by atoms with Crippen molar-refractivity contribution in [3.63, 3.8) is 0 Å². The second kappa shape index (κ2) is 5.65. The van der Waals surface area contributed by atoms with Gasteiger partial charge in [-0.1, -0.05) is 43.4 Å². The van der Waals surface area contributed by atoms with Crippen LogP contribution in [0.1, 0.15) is 43.0 Å². The molecule has 3 heteroatoms. The lowest BCUT2D eigenvalue weighted by molar-refractivity contribution is 0.634. The lowest BCUT2D eigenvalue weighted by Gasteiger charge is -2.14. The SMILES string of the molecule is CCC1C=CC(c2[nH]ncc2-c2ccc3c(c2)CCC3=N)=CC1. The molecule has 116 valence electrons. The first-order valence-corrected chi connectivity index (χ1v) is 8.39. The lowest BCUT2D eigenvalue weighted by atomic mass is 9.91. The second-order valence-corrected chi connectivity index (χ2v) is 6.43. The monoisotopic (exact) mass is 303 g/mol. The summed E-state index contributed by atoms with van der Waals surface area (Å²) in [7, 11) is 0. The van der Waals surface area contributed by atoms with Crippen LogP contribution in [-0.4, -0.2) is 15.9 Å². The van der Waals surface area contributed by atoms with E-state index < -0.39 is 0 Å². The number of nitrogens with zero attached hydrogens (tertiary/aromatic N) is 1. The molecule has 1 aromatic heterocycles. The molecule has 2 aliphatic rings. The van der Waals surface area contributed by atoms with Gasteiger partial charge >= 0.3 is 0 Å². The Kier molecular flexibility index (Phi) is 3.49. The van der Waals surface area contributed by atoms with E-state index in [0.29, 0.717) is 5.92 Å². The molecule has 1 unspecified atom stereocenters. The van der Waals surface area contributed by atoms with Gasteiger partial charge in [0.25, 0.3) is 0 Å². The van der Waals surface area contributed by atoms with E-state index in [1.165, 1.54) is 23.1 Å². The zero-order valence-corrected chi connectivity index (χ0v) is 13.4. The summed E-state index contributed by atoms with van der Waals surface area (Å²) in [4.78, 5) is 0. The predicted molar refractivity (Wildman–Crippen MR) is 94.7 cm³/mol. The molecule has 1 atom stereocenters. The molecule has 0 spiro atoms. The van der Waals surface area contributed by atoms with Gasteiger partial charge < -0.3 is 5.41 Å². The molecule has 2 aromatic rings. The van der Waals surface area contributed by atoms with E-state index in [4.69, 9.17) is 5.41 Å². The Hall–Kier alpha value is -2.42. The Morgan fingerprint density at radius 3 is 2.96 bits per heavy atom. The van der Waals surface area contributed by atoms with E-state index in [-0.39, 0.29) is 0 Å². The van der Waals surface area contributed by atoms with Crippen LogP contribution in [0.2, 0.25) is 0 Å². The number of H-pyrrole nitrogens is 1. The zero-order chi connectivity index (χ0) is 15.8. The van der Waals surface area contributed by atoms with Gasteiger partial charge in [-0.25, -0.2) is 0 Å². The third-order valence-corrected chi connectivity index (χ3v) is 5.03. The smallest absolute Gasteiger partial charge is 0.0725 e. The first kappa shape index (κ1) is 14.2. The molecule has 0 radical (unpaired) electrons. The summed E-state index contributed by atoms with van der Waals surface area (Å²) in [5, 5.41) is 15.4. The van der Waals surface area contributed by atoms with Crippen molar-refractivity contribution in [2.24, 2.45) is 5.92 Å². The minimum Gasteiger partial charge on any atom is -0.305 e. The van der Waals surface area contributed by atoms with Crippen LogP contribution in [0.15, 0.2) is 42.6 Å². The van der Waals surface area contributed by atoms with Gasteiger partial charge in [0.15, 0.2) is 0 Å². The molecule has 2 aliphatic carbocycles. The van der Waals surface area contributed by atoms with Gasteiger partial charge in [0.05, 0.1) is 11.9 Å². The highest BCUT2D eigenvalue weighted by Crippen LogP contribution is 2.34. The average molecular weight is 303 g/mol. The van der Waals surface area contributed by atoms with E-state index in [1.807, 2.05) is 6.20 Å². The molecule has 0 saturated heterocycles. The largest absolute Gasteiger partial charge is 0.305 e. The Balaban J connectivity index is 1.70. The maximum atomic E-state index is 7.98. The Morgan fingerprint density at radius 2 is 2.17 bits per heavy atom. The minimum atomic E-state index is 0.663. The summed E-state index contributed by atoms with van der Waals surface area (Å²) in [6, 6.07) is 6.44. The van der Waals surface area contributed by atoms with Gasteiger partial charge in [-0.2, -0.15) is 5.10 Å². The first-order valence-electron chi connectivity index (χ1n) is 8.39. The lowest BCUT2D eigenvalue weighted by Crippen LogP contribution is -1.99. The summed E-state index contributed by atoms with van der Waals surface area (Å²) in [5.74, 6) is 0.663. The number of rotatable bonds is 3. The standard InChI is InChI=1S/C20H21N3/c1-2-13-3-5-14(6-4-13)20-18(12-22-23-20)16-7-9-17-15(11-16)8-10-19(17)21/h3,5-7,9,11-13,21H,2,4,8,10H2,1H3,(H,22,23). The van der Waals surface area contributed by atoms with E-state index in [0.717, 1.165) is 41.8 Å². The van der Waals surface area contributed by atoms with Crippen molar-refractivity contribution in [1.82, 2.24) is 10.2 Å². The average Bonchev–Trinajstić information content (AvgIpc) is 3.22. The molecule has 0 fully saturated rings. The van der Waals surface area contributed by atoms with Crippen molar-refractivity contribution in [1.29, 1.82) is 5.41 Å². The number of aryl methyl sites for hydroxylation is 1. The summed E-state index contributed by atoms with van der Waals surface area (Å²) in [6.07, 6.45) is 12.9. The Morgan fingerprint density at radius 1 is 1.26 bits per heavy atom. The van der Waals surface area contributed by atoms with E-state index in [1.54, 1.807) is 0 Å². The molecule has 0 amide bonds. The highest BCUT2D eigenvalue weighted by molar-refractivity contribution is 6.03. The van der Waals surface area contributed by atoms with Gasteiger partial charge in [-0.3, -0.25) is 5.10 Å². The Bertz CT molecular complexity index is 823. The summed E-state index contributed by atoms with van der Waals surface area (Å²) >= 11 is 0. The maximum absolute atomic E-state index is 7.98. The van der Waals surface area contributed by atoms with Crippen LogP contribution < -0.4 is 0 Å². The van der Waals surface area contributed by atoms with Crippen LogP contribution in [0.3, 0.4) is 0 Å². The second-order valence-electron chi connectivity index (χ2n) is 6.43. The topological polar surface area (TPSA) is 52.5 Å². The van der Waals surface area contributed by atoms with Crippen molar-refractivity contribution in [2.75, 3.05) is 0 Å². The zero-order valence-electron chi connectivity index (χ0n) is 13.4. The molecular formula is C20H21N3. The highest BCUT2D eigenvalue weighted by atomic mass is 15.1. The fourth-order valence-electron chi connectivity index (χ4n) is 3.53. The third kappa shape index (κ3) is 2.46. The van der Waals surface area contributed by atoms with Crippen molar-refractivity contribution in [3.8, 4) is 11.1 Å². The van der Waals surface area contributed by atoms with Gasteiger partial charge in [0.2, 0.25) is 0 Å². The maximum Gasteiger partial charge on any atom is 0.0725 e. The van der Waals surface area contributed by atoms with Crippen molar-refractivity contribution < 1.29 is 0 Å². The number of hydrogen-bond donors (Lipinski definition) is 2. The summed E-state index contributed by atoms with van der Waals surface area (Å²) < 4.78 is 0. The van der Waals surface area contributed by atoms with Crippen molar-refractivity contribution in [2.45, 2.75) is 32.6 Å². The van der Waals surface area contributed by atoms with Crippen LogP contribution in [0.25, 0.3) is 16.7 Å². The number of aromatic nitrogens is 2. The quantitative estimate of drug-likeness (QED) is 0.844. The molecule has 0 bridgehead atoms. The van der Waals surface area contributed by atoms with Crippen LogP contribution in [-0.2, 0) is 6.42 Å². The van der Waals surface area contributed by atoms with E-state index >= 15 is 0 Å². The number of fused-ring (bicyclic) bond motifs is 1. The summed E-state index contributed by atoms with van der Waals surface area (Å²) in [6.45, 7) is 2.23. The number of benzene rings is 1. The number of hydrogen-bond acceptors (Lipinski definition) is 2. The Labute approximate surface area is 136 Å². The van der Waals surface area contributed by atoms with Crippen LogP contribution in [0, 0.1) is 11.3 Å². The number of allylic oxidation sites excluding steroid dienone is 4. The molecule has 1 heterocycles.